The topological polar surface area (TPSA) is 72.6 Å². The van der Waals surface area contributed by atoms with E-state index in [-0.39, 0.29) is 10.9 Å². The van der Waals surface area contributed by atoms with Gasteiger partial charge in [0.1, 0.15) is 0 Å². The third-order valence-electron chi connectivity index (χ3n) is 3.29. The van der Waals surface area contributed by atoms with Gasteiger partial charge in [-0.15, -0.1) is 0 Å². The molecule has 7 heteroatoms. The van der Waals surface area contributed by atoms with E-state index in [9.17, 15) is 8.42 Å². The van der Waals surface area contributed by atoms with Crippen molar-refractivity contribution in [2.24, 2.45) is 0 Å². The van der Waals surface area contributed by atoms with Gasteiger partial charge in [-0.3, -0.25) is 0 Å². The number of ether oxygens (including phenoxy) is 1. The molecule has 5 nitrogen and oxygen atoms in total. The van der Waals surface area contributed by atoms with E-state index in [4.69, 9.17) is 10.5 Å². The van der Waals surface area contributed by atoms with Crippen molar-refractivity contribution in [2.75, 3.05) is 37.5 Å². The minimum atomic E-state index is -3.52. The van der Waals surface area contributed by atoms with Crippen LogP contribution in [-0.4, -0.2) is 50.5 Å². The molecule has 0 radical (unpaired) electrons. The van der Waals surface area contributed by atoms with Gasteiger partial charge in [0.25, 0.3) is 0 Å². The second kappa shape index (κ2) is 6.80. The van der Waals surface area contributed by atoms with Crippen LogP contribution in [0.15, 0.2) is 29.2 Å². The number of nitrogen functional groups attached to an aromatic ring is 1. The second-order valence-corrected chi connectivity index (χ2v) is 7.74. The average Bonchev–Trinajstić information content (AvgIpc) is 2.93. The van der Waals surface area contributed by atoms with Crippen LogP contribution in [0.3, 0.4) is 0 Å². The fourth-order valence-corrected chi connectivity index (χ4v) is 5.25. The Labute approximate surface area is 124 Å². The molecule has 1 atom stereocenters. The SMILES string of the molecule is COCCN(C1CCSC1)S(=O)(=O)c1cccc(N)c1. The summed E-state index contributed by atoms with van der Waals surface area (Å²) in [5.74, 6) is 1.84. The lowest BCUT2D eigenvalue weighted by atomic mass is 10.3. The number of thioether (sulfide) groups is 1. The summed E-state index contributed by atoms with van der Waals surface area (Å²) in [5, 5.41) is 0. The molecule has 1 saturated heterocycles. The molecule has 0 bridgehead atoms. The molecule has 0 aliphatic carbocycles. The van der Waals surface area contributed by atoms with Crippen LogP contribution in [0.25, 0.3) is 0 Å². The molecule has 1 heterocycles. The Morgan fingerprint density at radius 2 is 2.30 bits per heavy atom. The molecular formula is C13H20N2O3S2. The van der Waals surface area contributed by atoms with E-state index in [1.54, 1.807) is 41.4 Å². The Morgan fingerprint density at radius 1 is 1.50 bits per heavy atom. The van der Waals surface area contributed by atoms with Gasteiger partial charge in [-0.1, -0.05) is 6.07 Å². The van der Waals surface area contributed by atoms with Gasteiger partial charge >= 0.3 is 0 Å². The van der Waals surface area contributed by atoms with Gasteiger partial charge in [0.2, 0.25) is 10.0 Å². The minimum absolute atomic E-state index is 0.0431. The predicted octanol–water partition coefficient (Wildman–Crippen LogP) is 1.41. The quantitative estimate of drug-likeness (QED) is 0.803. The number of nitrogens with zero attached hydrogens (tertiary/aromatic N) is 1. The summed E-state index contributed by atoms with van der Waals surface area (Å²) in [6, 6.07) is 6.50. The highest BCUT2D eigenvalue weighted by Crippen LogP contribution is 2.28. The van der Waals surface area contributed by atoms with Crippen molar-refractivity contribution in [1.29, 1.82) is 0 Å². The first-order chi connectivity index (χ1) is 9.55. The van der Waals surface area contributed by atoms with Gasteiger partial charge in [0.05, 0.1) is 11.5 Å². The first kappa shape index (κ1) is 15.6. The summed E-state index contributed by atoms with van der Waals surface area (Å²) < 4.78 is 32.2. The van der Waals surface area contributed by atoms with Crippen LogP contribution in [-0.2, 0) is 14.8 Å². The molecule has 1 fully saturated rings. The molecule has 2 rings (SSSR count). The second-order valence-electron chi connectivity index (χ2n) is 4.70. The van der Waals surface area contributed by atoms with Gasteiger partial charge in [-0.25, -0.2) is 8.42 Å². The van der Waals surface area contributed by atoms with Crippen LogP contribution >= 0.6 is 11.8 Å². The van der Waals surface area contributed by atoms with Gasteiger partial charge in [-0.05, 0) is 30.4 Å². The minimum Gasteiger partial charge on any atom is -0.399 e. The first-order valence-corrected chi connectivity index (χ1v) is 9.09. The van der Waals surface area contributed by atoms with E-state index in [1.807, 2.05) is 0 Å². The lowest BCUT2D eigenvalue weighted by Crippen LogP contribution is -2.42. The van der Waals surface area contributed by atoms with Crippen molar-refractivity contribution < 1.29 is 13.2 Å². The number of benzene rings is 1. The van der Waals surface area contributed by atoms with Gasteiger partial charge in [0.15, 0.2) is 0 Å². The van der Waals surface area contributed by atoms with Gasteiger partial charge in [0, 0.05) is 31.1 Å². The molecule has 1 aromatic rings. The summed E-state index contributed by atoms with van der Waals surface area (Å²) in [6.45, 7) is 0.765. The number of nitrogens with two attached hydrogens (primary N) is 1. The Balaban J connectivity index is 2.30. The number of hydrogen-bond acceptors (Lipinski definition) is 5. The summed E-state index contributed by atoms with van der Waals surface area (Å²) >= 11 is 1.79. The normalized spacial score (nSPS) is 19.6. The van der Waals surface area contributed by atoms with Crippen molar-refractivity contribution in [3.05, 3.63) is 24.3 Å². The van der Waals surface area contributed by atoms with Crippen molar-refractivity contribution >= 4 is 27.5 Å². The zero-order chi connectivity index (χ0) is 14.6. The Kier molecular flexibility index (Phi) is 5.31. The molecule has 0 aromatic heterocycles. The third kappa shape index (κ3) is 3.46. The number of anilines is 1. The van der Waals surface area contributed by atoms with E-state index < -0.39 is 10.0 Å². The molecule has 2 N–H and O–H groups in total. The number of hydrogen-bond donors (Lipinski definition) is 1. The molecule has 20 heavy (non-hydrogen) atoms. The molecule has 0 saturated carbocycles. The molecular weight excluding hydrogens is 296 g/mol. The van der Waals surface area contributed by atoms with Crippen molar-refractivity contribution in [3.63, 3.8) is 0 Å². The predicted molar refractivity (Wildman–Crippen MR) is 82.4 cm³/mol. The van der Waals surface area contributed by atoms with Crippen LogP contribution in [0.1, 0.15) is 6.42 Å². The maximum absolute atomic E-state index is 12.8. The summed E-state index contributed by atoms with van der Waals surface area (Å²) in [4.78, 5) is 0.255. The fourth-order valence-electron chi connectivity index (χ4n) is 2.24. The molecule has 0 spiro atoms. The lowest BCUT2D eigenvalue weighted by Gasteiger charge is -2.27. The molecule has 112 valence electrons. The maximum Gasteiger partial charge on any atom is 0.243 e. The highest BCUT2D eigenvalue weighted by Gasteiger charge is 2.33. The van der Waals surface area contributed by atoms with E-state index in [0.29, 0.717) is 18.8 Å². The van der Waals surface area contributed by atoms with Gasteiger partial charge < -0.3 is 10.5 Å². The summed E-state index contributed by atoms with van der Waals surface area (Å²) in [6.07, 6.45) is 0.885. The molecule has 1 aromatic carbocycles. The highest BCUT2D eigenvalue weighted by molar-refractivity contribution is 7.99. The standard InChI is InChI=1S/C13H20N2O3S2/c1-18-7-6-15(12-5-8-19-10-12)20(16,17)13-4-2-3-11(14)9-13/h2-4,9,12H,5-8,10,14H2,1H3. The van der Waals surface area contributed by atoms with Crippen molar-refractivity contribution in [3.8, 4) is 0 Å². The number of sulfonamides is 1. The maximum atomic E-state index is 12.8. The monoisotopic (exact) mass is 316 g/mol. The van der Waals surface area contributed by atoms with Crippen LogP contribution in [0.4, 0.5) is 5.69 Å². The Bertz CT molecular complexity index is 542. The van der Waals surface area contributed by atoms with Crippen LogP contribution in [0.2, 0.25) is 0 Å². The number of methoxy groups -OCH3 is 1. The smallest absolute Gasteiger partial charge is 0.243 e. The van der Waals surface area contributed by atoms with E-state index in [1.165, 1.54) is 6.07 Å². The van der Waals surface area contributed by atoms with E-state index in [2.05, 4.69) is 0 Å². The Morgan fingerprint density at radius 3 is 2.90 bits per heavy atom. The van der Waals surface area contributed by atoms with E-state index in [0.717, 1.165) is 17.9 Å². The van der Waals surface area contributed by atoms with Crippen LogP contribution < -0.4 is 5.73 Å². The largest absolute Gasteiger partial charge is 0.399 e. The molecule has 1 aliphatic rings. The van der Waals surface area contributed by atoms with Crippen LogP contribution in [0, 0.1) is 0 Å². The number of rotatable bonds is 6. The first-order valence-electron chi connectivity index (χ1n) is 6.50. The third-order valence-corrected chi connectivity index (χ3v) is 6.39. The lowest BCUT2D eigenvalue weighted by molar-refractivity contribution is 0.169. The summed E-state index contributed by atoms with van der Waals surface area (Å²) in [5.41, 5.74) is 6.15. The fraction of sp³-hybridized carbons (Fsp3) is 0.538. The Hall–Kier alpha value is -0.760. The average molecular weight is 316 g/mol. The van der Waals surface area contributed by atoms with Crippen molar-refractivity contribution in [1.82, 2.24) is 4.31 Å². The molecule has 0 amide bonds. The van der Waals surface area contributed by atoms with E-state index >= 15 is 0 Å². The van der Waals surface area contributed by atoms with Crippen molar-refractivity contribution in [2.45, 2.75) is 17.4 Å². The highest BCUT2D eigenvalue weighted by atomic mass is 32.2. The molecule has 1 unspecified atom stereocenters. The van der Waals surface area contributed by atoms with Crippen LogP contribution in [0.5, 0.6) is 0 Å². The zero-order valence-corrected chi connectivity index (χ0v) is 13.1. The molecule has 1 aliphatic heterocycles. The summed E-state index contributed by atoms with van der Waals surface area (Å²) in [7, 11) is -1.94. The van der Waals surface area contributed by atoms with Gasteiger partial charge in [-0.2, -0.15) is 16.1 Å². The zero-order valence-electron chi connectivity index (χ0n) is 11.5.